The van der Waals surface area contributed by atoms with Crippen molar-refractivity contribution in [2.75, 3.05) is 7.11 Å². The van der Waals surface area contributed by atoms with Crippen LogP contribution in [0.5, 0.6) is 0 Å². The zero-order valence-electron chi connectivity index (χ0n) is 15.1. The zero-order chi connectivity index (χ0) is 18.8. The normalized spacial score (nSPS) is 12.8. The summed E-state index contributed by atoms with van der Waals surface area (Å²) in [5.41, 5.74) is 0.847. The largest absolute Gasteiger partial charge is 0.467 e. The average molecular weight is 350 g/mol. The number of benzene rings is 1. The lowest BCUT2D eigenvalue weighted by atomic mass is 10.0. The molecular weight excluding hydrogens is 324 g/mol. The number of carbonyl (C=O) groups excluding carboxylic acids is 3. The number of ether oxygens (including phenoxy) is 2. The summed E-state index contributed by atoms with van der Waals surface area (Å²) in [6.45, 7) is 5.45. The van der Waals surface area contributed by atoms with E-state index in [0.29, 0.717) is 6.42 Å². The first-order valence-corrected chi connectivity index (χ1v) is 8.24. The molecule has 1 aromatic rings. The van der Waals surface area contributed by atoms with Crippen molar-refractivity contribution in [2.45, 2.75) is 45.9 Å². The average Bonchev–Trinajstić information content (AvgIpc) is 2.62. The summed E-state index contributed by atoms with van der Waals surface area (Å²) >= 11 is 0. The number of methoxy groups -OCH3 is 1. The lowest BCUT2D eigenvalue weighted by molar-refractivity contribution is -0.145. The van der Waals surface area contributed by atoms with Crippen LogP contribution < -0.4 is 10.6 Å². The van der Waals surface area contributed by atoms with Gasteiger partial charge in [0.2, 0.25) is 5.91 Å². The molecule has 0 heterocycles. The van der Waals surface area contributed by atoms with Crippen LogP contribution in [0.4, 0.5) is 4.79 Å². The first-order chi connectivity index (χ1) is 11.9. The van der Waals surface area contributed by atoms with E-state index in [1.165, 1.54) is 7.11 Å². The molecule has 7 nitrogen and oxygen atoms in total. The smallest absolute Gasteiger partial charge is 0.408 e. The summed E-state index contributed by atoms with van der Waals surface area (Å²) in [6.07, 6.45) is -0.300. The van der Waals surface area contributed by atoms with Crippen molar-refractivity contribution in [1.82, 2.24) is 10.6 Å². The summed E-state index contributed by atoms with van der Waals surface area (Å²) in [5.74, 6) is -1.16. The first kappa shape index (κ1) is 20.5. The minimum atomic E-state index is -0.818. The van der Waals surface area contributed by atoms with E-state index in [0.717, 1.165) is 5.56 Å². The molecule has 2 atom stereocenters. The van der Waals surface area contributed by atoms with Gasteiger partial charge in [-0.3, -0.25) is 4.79 Å². The predicted molar refractivity (Wildman–Crippen MR) is 92.6 cm³/mol. The summed E-state index contributed by atoms with van der Waals surface area (Å²) in [7, 11) is 1.26. The molecule has 0 fully saturated rings. The second-order valence-electron chi connectivity index (χ2n) is 5.92. The van der Waals surface area contributed by atoms with Crippen LogP contribution in [0.2, 0.25) is 0 Å². The highest BCUT2D eigenvalue weighted by Gasteiger charge is 2.28. The van der Waals surface area contributed by atoms with Crippen molar-refractivity contribution in [3.63, 3.8) is 0 Å². The summed E-state index contributed by atoms with van der Waals surface area (Å²) < 4.78 is 9.78. The van der Waals surface area contributed by atoms with E-state index in [1.807, 2.05) is 30.3 Å². The predicted octanol–water partition coefficient (Wildman–Crippen LogP) is 2.01. The molecule has 25 heavy (non-hydrogen) atoms. The van der Waals surface area contributed by atoms with Gasteiger partial charge in [-0.25, -0.2) is 9.59 Å². The van der Waals surface area contributed by atoms with Crippen LogP contribution in [0.1, 0.15) is 32.8 Å². The van der Waals surface area contributed by atoms with Crippen molar-refractivity contribution < 1.29 is 23.9 Å². The van der Waals surface area contributed by atoms with Crippen molar-refractivity contribution in [1.29, 1.82) is 0 Å². The second-order valence-corrected chi connectivity index (χ2v) is 5.92. The molecule has 0 aromatic heterocycles. The van der Waals surface area contributed by atoms with E-state index < -0.39 is 30.1 Å². The maximum atomic E-state index is 12.4. The standard InChI is InChI=1S/C18H26N2O5/c1-5-14(17(22)24-4)19-16(21)15(12(2)3)20-18(23)25-11-13-9-7-6-8-10-13/h6-10,12,14-15H,5,11H2,1-4H3,(H,19,21)(H,20,23)/t14-,15+/m1/s1. The molecule has 0 aliphatic rings. The van der Waals surface area contributed by atoms with Crippen molar-refractivity contribution >= 4 is 18.0 Å². The van der Waals surface area contributed by atoms with Gasteiger partial charge in [0, 0.05) is 0 Å². The lowest BCUT2D eigenvalue weighted by Gasteiger charge is -2.23. The number of carbonyl (C=O) groups is 3. The molecule has 0 bridgehead atoms. The van der Waals surface area contributed by atoms with Crippen molar-refractivity contribution in [3.05, 3.63) is 35.9 Å². The van der Waals surface area contributed by atoms with Gasteiger partial charge in [-0.15, -0.1) is 0 Å². The van der Waals surface area contributed by atoms with Gasteiger partial charge in [0.15, 0.2) is 0 Å². The van der Waals surface area contributed by atoms with E-state index in [-0.39, 0.29) is 12.5 Å². The van der Waals surface area contributed by atoms with Crippen molar-refractivity contribution in [2.24, 2.45) is 5.92 Å². The van der Waals surface area contributed by atoms with E-state index >= 15 is 0 Å². The molecule has 0 saturated heterocycles. The summed E-state index contributed by atoms with van der Waals surface area (Å²) in [4.78, 5) is 36.0. The Labute approximate surface area is 148 Å². The van der Waals surface area contributed by atoms with Crippen LogP contribution in [0.25, 0.3) is 0 Å². The van der Waals surface area contributed by atoms with Gasteiger partial charge in [-0.1, -0.05) is 51.1 Å². The molecule has 0 aliphatic heterocycles. The van der Waals surface area contributed by atoms with E-state index in [2.05, 4.69) is 15.4 Å². The Morgan fingerprint density at radius 3 is 2.24 bits per heavy atom. The monoisotopic (exact) mass is 350 g/mol. The quantitative estimate of drug-likeness (QED) is 0.700. The number of esters is 1. The van der Waals surface area contributed by atoms with Gasteiger partial charge >= 0.3 is 12.1 Å². The van der Waals surface area contributed by atoms with Crippen LogP contribution in [0, 0.1) is 5.92 Å². The molecule has 0 unspecified atom stereocenters. The van der Waals surface area contributed by atoms with Gasteiger partial charge in [0.1, 0.15) is 18.7 Å². The highest BCUT2D eigenvalue weighted by Crippen LogP contribution is 2.06. The Kier molecular flexibility index (Phi) is 8.46. The van der Waals surface area contributed by atoms with Crippen LogP contribution in [-0.2, 0) is 25.7 Å². The fourth-order valence-electron chi connectivity index (χ4n) is 2.16. The Morgan fingerprint density at radius 1 is 1.08 bits per heavy atom. The van der Waals surface area contributed by atoms with Gasteiger partial charge in [-0.2, -0.15) is 0 Å². The molecule has 7 heteroatoms. The number of nitrogens with one attached hydrogen (secondary N) is 2. The first-order valence-electron chi connectivity index (χ1n) is 8.24. The molecule has 0 saturated carbocycles. The Bertz CT molecular complexity index is 574. The summed E-state index contributed by atoms with van der Waals surface area (Å²) in [6, 6.07) is 7.67. The summed E-state index contributed by atoms with van der Waals surface area (Å²) in [5, 5.41) is 5.14. The number of alkyl carbamates (subject to hydrolysis) is 1. The van der Waals surface area contributed by atoms with Gasteiger partial charge in [0.05, 0.1) is 7.11 Å². The molecule has 0 aliphatic carbocycles. The van der Waals surface area contributed by atoms with Gasteiger partial charge < -0.3 is 20.1 Å². The highest BCUT2D eigenvalue weighted by molar-refractivity contribution is 5.89. The fraction of sp³-hybridized carbons (Fsp3) is 0.500. The van der Waals surface area contributed by atoms with Crippen LogP contribution in [0.3, 0.4) is 0 Å². The lowest BCUT2D eigenvalue weighted by Crippen LogP contribution is -2.53. The van der Waals surface area contributed by atoms with Gasteiger partial charge in [-0.05, 0) is 17.9 Å². The molecule has 2 amide bonds. The minimum Gasteiger partial charge on any atom is -0.467 e. The maximum Gasteiger partial charge on any atom is 0.408 e. The molecule has 0 radical (unpaired) electrons. The molecular formula is C18H26N2O5. The molecule has 0 spiro atoms. The maximum absolute atomic E-state index is 12.4. The third-order valence-electron chi connectivity index (χ3n) is 3.65. The molecule has 2 N–H and O–H groups in total. The number of hydrogen-bond donors (Lipinski definition) is 2. The molecule has 1 rings (SSSR count). The minimum absolute atomic E-state index is 0.110. The number of rotatable bonds is 8. The second kappa shape index (κ2) is 10.3. The SMILES string of the molecule is CC[C@@H](NC(=O)[C@@H](NC(=O)OCc1ccccc1)C(C)C)C(=O)OC. The Morgan fingerprint density at radius 2 is 1.72 bits per heavy atom. The highest BCUT2D eigenvalue weighted by atomic mass is 16.5. The van der Waals surface area contributed by atoms with Crippen LogP contribution >= 0.6 is 0 Å². The van der Waals surface area contributed by atoms with Gasteiger partial charge in [0.25, 0.3) is 0 Å². The van der Waals surface area contributed by atoms with Crippen LogP contribution in [0.15, 0.2) is 30.3 Å². The van der Waals surface area contributed by atoms with Crippen LogP contribution in [-0.4, -0.2) is 37.2 Å². The fourth-order valence-corrected chi connectivity index (χ4v) is 2.16. The van der Waals surface area contributed by atoms with E-state index in [1.54, 1.807) is 20.8 Å². The zero-order valence-corrected chi connectivity index (χ0v) is 15.1. The Balaban J connectivity index is 2.61. The van der Waals surface area contributed by atoms with E-state index in [9.17, 15) is 14.4 Å². The topological polar surface area (TPSA) is 93.7 Å². The number of amides is 2. The van der Waals surface area contributed by atoms with Crippen molar-refractivity contribution in [3.8, 4) is 0 Å². The third kappa shape index (κ3) is 6.82. The molecule has 1 aromatic carbocycles. The number of hydrogen-bond acceptors (Lipinski definition) is 5. The third-order valence-corrected chi connectivity index (χ3v) is 3.65. The molecule has 138 valence electrons. The van der Waals surface area contributed by atoms with E-state index in [4.69, 9.17) is 4.74 Å². The Hall–Kier alpha value is -2.57.